The van der Waals surface area contributed by atoms with E-state index in [-0.39, 0.29) is 5.91 Å². The maximum Gasteiger partial charge on any atom is 0.263 e. The Hall–Kier alpha value is -3.13. The Labute approximate surface area is 189 Å². The summed E-state index contributed by atoms with van der Waals surface area (Å²) in [5, 5.41) is 0. The first-order chi connectivity index (χ1) is 15.5. The molecule has 1 atom stereocenters. The number of methoxy groups -OCH3 is 4. The van der Waals surface area contributed by atoms with Crippen molar-refractivity contribution in [2.45, 2.75) is 19.6 Å². The summed E-state index contributed by atoms with van der Waals surface area (Å²) in [6, 6.07) is 11.1. The second kappa shape index (κ2) is 10.9. The molecule has 2 aromatic carbocycles. The molecule has 1 unspecified atom stereocenters. The lowest BCUT2D eigenvalue weighted by Gasteiger charge is -2.36. The molecule has 0 spiro atoms. The molecule has 0 radical (unpaired) electrons. The minimum absolute atomic E-state index is 0.0100. The predicted molar refractivity (Wildman–Crippen MR) is 121 cm³/mol. The molecule has 0 aromatic heterocycles. The van der Waals surface area contributed by atoms with E-state index in [4.69, 9.17) is 23.7 Å². The van der Waals surface area contributed by atoms with Crippen LogP contribution >= 0.6 is 0 Å². The molecule has 0 aliphatic carbocycles. The minimum atomic E-state index is -0.555. The van der Waals surface area contributed by atoms with E-state index in [0.717, 1.165) is 24.4 Å². The number of nitrogens with zero attached hydrogens (tertiary/aromatic N) is 2. The van der Waals surface area contributed by atoms with E-state index in [0.29, 0.717) is 42.6 Å². The van der Waals surface area contributed by atoms with Gasteiger partial charge in [-0.3, -0.25) is 9.69 Å². The van der Waals surface area contributed by atoms with Gasteiger partial charge in [-0.15, -0.1) is 0 Å². The zero-order valence-electron chi connectivity index (χ0n) is 19.4. The number of hydrogen-bond donors (Lipinski definition) is 0. The van der Waals surface area contributed by atoms with E-state index in [9.17, 15) is 4.79 Å². The van der Waals surface area contributed by atoms with Crippen LogP contribution in [0.2, 0.25) is 0 Å². The Bertz CT molecular complexity index is 894. The predicted octanol–water partition coefficient (Wildman–Crippen LogP) is 2.83. The van der Waals surface area contributed by atoms with Gasteiger partial charge in [0, 0.05) is 38.3 Å². The molecule has 0 saturated carbocycles. The fourth-order valence-electron chi connectivity index (χ4n) is 3.82. The van der Waals surface area contributed by atoms with E-state index in [1.54, 1.807) is 47.5 Å². The van der Waals surface area contributed by atoms with Gasteiger partial charge in [-0.2, -0.15) is 0 Å². The average molecular weight is 445 g/mol. The second-order valence-corrected chi connectivity index (χ2v) is 7.53. The molecule has 32 heavy (non-hydrogen) atoms. The fourth-order valence-corrected chi connectivity index (χ4v) is 3.82. The minimum Gasteiger partial charge on any atom is -0.497 e. The lowest BCUT2D eigenvalue weighted by molar-refractivity contribution is -0.139. The first kappa shape index (κ1) is 23.5. The van der Waals surface area contributed by atoms with Gasteiger partial charge in [-0.05, 0) is 37.3 Å². The number of amides is 1. The van der Waals surface area contributed by atoms with E-state index < -0.39 is 6.10 Å². The van der Waals surface area contributed by atoms with Crippen molar-refractivity contribution in [2.75, 3.05) is 54.6 Å². The Morgan fingerprint density at radius 2 is 1.44 bits per heavy atom. The molecule has 1 fully saturated rings. The van der Waals surface area contributed by atoms with Crippen LogP contribution in [0.25, 0.3) is 0 Å². The van der Waals surface area contributed by atoms with E-state index >= 15 is 0 Å². The van der Waals surface area contributed by atoms with E-state index in [1.165, 1.54) is 0 Å². The molecule has 1 aliphatic rings. The number of rotatable bonds is 9. The maximum absolute atomic E-state index is 12.9. The Morgan fingerprint density at radius 1 is 0.812 bits per heavy atom. The lowest BCUT2D eigenvalue weighted by Crippen LogP contribution is -2.51. The smallest absolute Gasteiger partial charge is 0.263 e. The normalized spacial score (nSPS) is 15.1. The summed E-state index contributed by atoms with van der Waals surface area (Å²) in [5.74, 6) is 3.28. The van der Waals surface area contributed by atoms with Crippen molar-refractivity contribution < 1.29 is 28.5 Å². The summed E-state index contributed by atoms with van der Waals surface area (Å²) >= 11 is 0. The van der Waals surface area contributed by atoms with Crippen molar-refractivity contribution in [2.24, 2.45) is 0 Å². The van der Waals surface area contributed by atoms with Gasteiger partial charge in [0.15, 0.2) is 17.6 Å². The van der Waals surface area contributed by atoms with Crippen LogP contribution in [0.4, 0.5) is 0 Å². The fraction of sp³-hybridized carbons (Fsp3) is 0.458. The monoisotopic (exact) mass is 444 g/mol. The van der Waals surface area contributed by atoms with Crippen molar-refractivity contribution in [3.63, 3.8) is 0 Å². The van der Waals surface area contributed by atoms with E-state index in [2.05, 4.69) is 4.90 Å². The SMILES string of the molecule is COc1ccc(OC(C)C(=O)N2CCN(Cc3ccc(OC)c(OC)c3OC)CC2)cc1. The average Bonchev–Trinajstić information content (AvgIpc) is 2.84. The highest BCUT2D eigenvalue weighted by Gasteiger charge is 2.27. The van der Waals surface area contributed by atoms with Crippen LogP contribution in [-0.2, 0) is 11.3 Å². The lowest BCUT2D eigenvalue weighted by atomic mass is 10.1. The molecule has 1 aliphatic heterocycles. The zero-order chi connectivity index (χ0) is 23.1. The van der Waals surface area contributed by atoms with Crippen molar-refractivity contribution >= 4 is 5.91 Å². The summed E-state index contributed by atoms with van der Waals surface area (Å²) in [6.07, 6.45) is -0.555. The van der Waals surface area contributed by atoms with Gasteiger partial charge >= 0.3 is 0 Å². The molecule has 0 bridgehead atoms. The van der Waals surface area contributed by atoms with Gasteiger partial charge in [-0.1, -0.05) is 6.07 Å². The summed E-state index contributed by atoms with van der Waals surface area (Å²) in [5.41, 5.74) is 1.01. The molecular weight excluding hydrogens is 412 g/mol. The topological polar surface area (TPSA) is 69.7 Å². The van der Waals surface area contributed by atoms with Crippen molar-refractivity contribution in [1.82, 2.24) is 9.80 Å². The van der Waals surface area contributed by atoms with E-state index in [1.807, 2.05) is 29.2 Å². The van der Waals surface area contributed by atoms with Crippen LogP contribution in [0.5, 0.6) is 28.7 Å². The molecule has 8 heteroatoms. The Morgan fingerprint density at radius 3 is 2.00 bits per heavy atom. The van der Waals surface area contributed by atoms with Gasteiger partial charge in [0.1, 0.15) is 11.5 Å². The molecular formula is C24H32N2O6. The molecule has 1 heterocycles. The van der Waals surface area contributed by atoms with Gasteiger partial charge in [-0.25, -0.2) is 0 Å². The molecule has 1 saturated heterocycles. The molecule has 2 aromatic rings. The highest BCUT2D eigenvalue weighted by molar-refractivity contribution is 5.81. The van der Waals surface area contributed by atoms with Crippen molar-refractivity contribution in [1.29, 1.82) is 0 Å². The van der Waals surface area contributed by atoms with Crippen LogP contribution in [0, 0.1) is 0 Å². The molecule has 8 nitrogen and oxygen atoms in total. The summed E-state index contributed by atoms with van der Waals surface area (Å²) in [6.45, 7) is 5.30. The zero-order valence-corrected chi connectivity index (χ0v) is 19.4. The first-order valence-corrected chi connectivity index (χ1v) is 10.6. The largest absolute Gasteiger partial charge is 0.497 e. The van der Waals surface area contributed by atoms with Crippen molar-refractivity contribution in [3.8, 4) is 28.7 Å². The number of ether oxygens (including phenoxy) is 5. The molecule has 0 N–H and O–H groups in total. The van der Waals surface area contributed by atoms with Gasteiger partial charge < -0.3 is 28.6 Å². The number of carbonyl (C=O) groups is 1. The van der Waals surface area contributed by atoms with Crippen LogP contribution in [-0.4, -0.2) is 76.4 Å². The number of hydrogen-bond acceptors (Lipinski definition) is 7. The number of carbonyl (C=O) groups excluding carboxylic acids is 1. The second-order valence-electron chi connectivity index (χ2n) is 7.53. The molecule has 174 valence electrons. The summed E-state index contributed by atoms with van der Waals surface area (Å²) in [4.78, 5) is 17.0. The third-order valence-corrected chi connectivity index (χ3v) is 5.58. The van der Waals surface area contributed by atoms with Crippen LogP contribution < -0.4 is 23.7 Å². The van der Waals surface area contributed by atoms with Gasteiger partial charge in [0.2, 0.25) is 5.75 Å². The highest BCUT2D eigenvalue weighted by atomic mass is 16.5. The third-order valence-electron chi connectivity index (χ3n) is 5.58. The van der Waals surface area contributed by atoms with Crippen LogP contribution in [0.3, 0.4) is 0 Å². The highest BCUT2D eigenvalue weighted by Crippen LogP contribution is 2.40. The first-order valence-electron chi connectivity index (χ1n) is 10.6. The number of piperazine rings is 1. The Kier molecular flexibility index (Phi) is 8.05. The third kappa shape index (κ3) is 5.37. The van der Waals surface area contributed by atoms with Gasteiger partial charge in [0.05, 0.1) is 28.4 Å². The Balaban J connectivity index is 1.56. The van der Waals surface area contributed by atoms with Crippen LogP contribution in [0.15, 0.2) is 36.4 Å². The molecule has 1 amide bonds. The van der Waals surface area contributed by atoms with Gasteiger partial charge in [0.25, 0.3) is 5.91 Å². The standard InChI is InChI=1S/C24H32N2O6/c1-17(32-20-9-7-19(28-2)8-10-20)24(27)26-14-12-25(13-15-26)16-18-6-11-21(29-3)23(31-5)22(18)30-4/h6-11,17H,12-16H2,1-5H3. The maximum atomic E-state index is 12.9. The summed E-state index contributed by atoms with van der Waals surface area (Å²) in [7, 11) is 6.45. The quantitative estimate of drug-likeness (QED) is 0.589. The van der Waals surface area contributed by atoms with Crippen molar-refractivity contribution in [3.05, 3.63) is 42.0 Å². The van der Waals surface area contributed by atoms with Crippen LogP contribution in [0.1, 0.15) is 12.5 Å². The molecule has 3 rings (SSSR count). The summed E-state index contributed by atoms with van der Waals surface area (Å²) < 4.78 is 27.4. The number of benzene rings is 2.